The van der Waals surface area contributed by atoms with Gasteiger partial charge in [0.25, 0.3) is 0 Å². The molecule has 3 aliphatic heterocycles. The van der Waals surface area contributed by atoms with Crippen molar-refractivity contribution in [2.24, 2.45) is 0 Å². The Morgan fingerprint density at radius 3 is 2.87 bits per heavy atom. The standard InChI is InChI=1S/C17H27N5O/c1-2-8-22(9-3-1)16-11-23-10-15(16)21-17-13-4-6-18-7-5-14(13)19-12-20-17/h12,15-16,18H,1-11H2,(H,19,20,21)/t15-,16-/m0/s1. The minimum Gasteiger partial charge on any atom is -0.378 e. The van der Waals surface area contributed by atoms with Crippen molar-refractivity contribution in [3.05, 3.63) is 17.6 Å². The van der Waals surface area contributed by atoms with E-state index in [9.17, 15) is 0 Å². The van der Waals surface area contributed by atoms with Crippen molar-refractivity contribution >= 4 is 5.82 Å². The SMILES string of the molecule is c1nc2c(c(N[C@H]3COC[C@@H]3N3CCCCC3)n1)CCNCC2. The molecule has 4 rings (SSSR count). The summed E-state index contributed by atoms with van der Waals surface area (Å²) in [7, 11) is 0. The van der Waals surface area contributed by atoms with Crippen LogP contribution in [0.3, 0.4) is 0 Å². The Bertz CT molecular complexity index is 532. The quantitative estimate of drug-likeness (QED) is 0.861. The molecule has 0 radical (unpaired) electrons. The van der Waals surface area contributed by atoms with E-state index in [4.69, 9.17) is 4.74 Å². The average Bonchev–Trinajstić information content (AvgIpc) is 2.91. The molecule has 0 spiro atoms. The van der Waals surface area contributed by atoms with Crippen LogP contribution in [0.25, 0.3) is 0 Å². The molecule has 23 heavy (non-hydrogen) atoms. The van der Waals surface area contributed by atoms with Crippen LogP contribution in [-0.4, -0.2) is 66.3 Å². The van der Waals surface area contributed by atoms with Crippen molar-refractivity contribution in [2.45, 2.75) is 44.2 Å². The summed E-state index contributed by atoms with van der Waals surface area (Å²) in [5.74, 6) is 1.02. The summed E-state index contributed by atoms with van der Waals surface area (Å²) in [6.45, 7) is 6.04. The molecule has 0 unspecified atom stereocenters. The lowest BCUT2D eigenvalue weighted by atomic mass is 10.0. The van der Waals surface area contributed by atoms with Gasteiger partial charge in [-0.05, 0) is 38.9 Å². The van der Waals surface area contributed by atoms with E-state index >= 15 is 0 Å². The highest BCUT2D eigenvalue weighted by Gasteiger charge is 2.34. The fourth-order valence-electron chi connectivity index (χ4n) is 4.06. The number of aromatic nitrogens is 2. The number of hydrogen-bond donors (Lipinski definition) is 2. The van der Waals surface area contributed by atoms with Crippen LogP contribution in [0.1, 0.15) is 30.5 Å². The molecule has 2 saturated heterocycles. The molecule has 0 amide bonds. The summed E-state index contributed by atoms with van der Waals surface area (Å²) in [6.07, 6.45) is 7.70. The van der Waals surface area contributed by atoms with E-state index in [0.29, 0.717) is 12.1 Å². The summed E-state index contributed by atoms with van der Waals surface area (Å²) < 4.78 is 5.80. The highest BCUT2D eigenvalue weighted by atomic mass is 16.5. The molecular weight excluding hydrogens is 290 g/mol. The second-order valence-corrected chi connectivity index (χ2v) is 6.85. The summed E-state index contributed by atoms with van der Waals surface area (Å²) in [5.41, 5.74) is 2.49. The number of rotatable bonds is 3. The van der Waals surface area contributed by atoms with Gasteiger partial charge in [0, 0.05) is 18.5 Å². The van der Waals surface area contributed by atoms with Crippen molar-refractivity contribution < 1.29 is 4.74 Å². The van der Waals surface area contributed by atoms with Crippen LogP contribution in [-0.2, 0) is 17.6 Å². The number of anilines is 1. The maximum atomic E-state index is 5.80. The minimum absolute atomic E-state index is 0.336. The maximum absolute atomic E-state index is 5.80. The van der Waals surface area contributed by atoms with Crippen molar-refractivity contribution in [2.75, 3.05) is 44.7 Å². The van der Waals surface area contributed by atoms with E-state index in [1.807, 2.05) is 0 Å². The normalized spacial score (nSPS) is 29.0. The van der Waals surface area contributed by atoms with E-state index in [2.05, 4.69) is 25.5 Å². The molecule has 1 aromatic rings. The summed E-state index contributed by atoms with van der Waals surface area (Å²) in [5, 5.41) is 7.15. The zero-order chi connectivity index (χ0) is 15.5. The summed E-state index contributed by atoms with van der Waals surface area (Å²) in [4.78, 5) is 11.6. The van der Waals surface area contributed by atoms with Gasteiger partial charge in [0.2, 0.25) is 0 Å². The van der Waals surface area contributed by atoms with Crippen molar-refractivity contribution in [3.63, 3.8) is 0 Å². The topological polar surface area (TPSA) is 62.3 Å². The van der Waals surface area contributed by atoms with Gasteiger partial charge in [0.1, 0.15) is 12.1 Å². The maximum Gasteiger partial charge on any atom is 0.133 e. The highest BCUT2D eigenvalue weighted by molar-refractivity contribution is 5.48. The Kier molecular flexibility index (Phi) is 4.73. The Morgan fingerprint density at radius 1 is 1.09 bits per heavy atom. The van der Waals surface area contributed by atoms with Gasteiger partial charge in [-0.3, -0.25) is 4.90 Å². The number of ether oxygens (including phenoxy) is 1. The van der Waals surface area contributed by atoms with Gasteiger partial charge in [-0.15, -0.1) is 0 Å². The Labute approximate surface area is 138 Å². The Hall–Kier alpha value is -1.24. The zero-order valence-corrected chi connectivity index (χ0v) is 13.8. The van der Waals surface area contributed by atoms with Crippen LogP contribution in [0.4, 0.5) is 5.82 Å². The number of nitrogens with zero attached hydrogens (tertiary/aromatic N) is 3. The number of piperidine rings is 1. The monoisotopic (exact) mass is 317 g/mol. The molecule has 3 aliphatic rings. The molecule has 2 atom stereocenters. The fourth-order valence-corrected chi connectivity index (χ4v) is 4.06. The Morgan fingerprint density at radius 2 is 1.96 bits per heavy atom. The molecule has 0 aromatic carbocycles. The second-order valence-electron chi connectivity index (χ2n) is 6.85. The molecule has 0 aliphatic carbocycles. The minimum atomic E-state index is 0.336. The van der Waals surface area contributed by atoms with Gasteiger partial charge in [-0.25, -0.2) is 9.97 Å². The van der Waals surface area contributed by atoms with E-state index in [1.54, 1.807) is 6.33 Å². The van der Waals surface area contributed by atoms with Crippen molar-refractivity contribution in [1.29, 1.82) is 0 Å². The summed E-state index contributed by atoms with van der Waals surface area (Å²) >= 11 is 0. The lowest BCUT2D eigenvalue weighted by molar-refractivity contribution is 0.127. The summed E-state index contributed by atoms with van der Waals surface area (Å²) in [6, 6.07) is 0.813. The predicted molar refractivity (Wildman–Crippen MR) is 89.8 cm³/mol. The lowest BCUT2D eigenvalue weighted by Gasteiger charge is -2.35. The third-order valence-electron chi connectivity index (χ3n) is 5.36. The third-order valence-corrected chi connectivity index (χ3v) is 5.36. The first-order valence-electron chi connectivity index (χ1n) is 9.03. The average molecular weight is 317 g/mol. The van der Waals surface area contributed by atoms with Gasteiger partial charge < -0.3 is 15.4 Å². The number of fused-ring (bicyclic) bond motifs is 1. The van der Waals surface area contributed by atoms with E-state index in [0.717, 1.165) is 45.0 Å². The van der Waals surface area contributed by atoms with Gasteiger partial charge in [0.05, 0.1) is 31.0 Å². The van der Waals surface area contributed by atoms with Crippen LogP contribution in [0.5, 0.6) is 0 Å². The second kappa shape index (κ2) is 7.11. The predicted octanol–water partition coefficient (Wildman–Crippen LogP) is 0.830. The Balaban J connectivity index is 1.50. The molecule has 0 saturated carbocycles. The van der Waals surface area contributed by atoms with E-state index in [-0.39, 0.29) is 0 Å². The van der Waals surface area contributed by atoms with Gasteiger partial charge in [0.15, 0.2) is 0 Å². The van der Waals surface area contributed by atoms with Crippen LogP contribution in [0, 0.1) is 0 Å². The molecule has 2 fully saturated rings. The lowest BCUT2D eigenvalue weighted by Crippen LogP contribution is -2.48. The molecule has 126 valence electrons. The zero-order valence-electron chi connectivity index (χ0n) is 13.8. The van der Waals surface area contributed by atoms with Crippen LogP contribution in [0.2, 0.25) is 0 Å². The molecule has 6 nitrogen and oxygen atoms in total. The first-order chi connectivity index (χ1) is 11.4. The molecule has 4 heterocycles. The molecular formula is C17H27N5O. The van der Waals surface area contributed by atoms with Crippen molar-refractivity contribution in [1.82, 2.24) is 20.2 Å². The van der Waals surface area contributed by atoms with Gasteiger partial charge in [-0.2, -0.15) is 0 Å². The highest BCUT2D eigenvalue weighted by Crippen LogP contribution is 2.24. The fraction of sp³-hybridized carbons (Fsp3) is 0.765. The van der Waals surface area contributed by atoms with Crippen LogP contribution in [0.15, 0.2) is 6.33 Å². The van der Waals surface area contributed by atoms with E-state index < -0.39 is 0 Å². The number of likely N-dealkylation sites (tertiary alicyclic amines) is 1. The largest absolute Gasteiger partial charge is 0.378 e. The molecule has 1 aromatic heterocycles. The number of hydrogen-bond acceptors (Lipinski definition) is 6. The third kappa shape index (κ3) is 3.34. The van der Waals surface area contributed by atoms with E-state index in [1.165, 1.54) is 43.6 Å². The molecule has 6 heteroatoms. The molecule has 2 N–H and O–H groups in total. The van der Waals surface area contributed by atoms with Gasteiger partial charge >= 0.3 is 0 Å². The van der Waals surface area contributed by atoms with Gasteiger partial charge in [-0.1, -0.05) is 6.42 Å². The van der Waals surface area contributed by atoms with Crippen molar-refractivity contribution in [3.8, 4) is 0 Å². The smallest absolute Gasteiger partial charge is 0.133 e. The number of nitrogens with one attached hydrogen (secondary N) is 2. The first-order valence-corrected chi connectivity index (χ1v) is 9.03. The molecule has 0 bridgehead atoms. The van der Waals surface area contributed by atoms with Crippen LogP contribution < -0.4 is 10.6 Å². The van der Waals surface area contributed by atoms with Crippen LogP contribution >= 0.6 is 0 Å². The first kappa shape index (κ1) is 15.3.